The van der Waals surface area contributed by atoms with Crippen molar-refractivity contribution in [2.75, 3.05) is 23.4 Å². The maximum atomic E-state index is 13.5. The average molecular weight is 593 g/mol. The molecule has 0 saturated heterocycles. The fourth-order valence-electron chi connectivity index (χ4n) is 4.24. The minimum absolute atomic E-state index is 0.106. The number of ether oxygens (including phenoxy) is 1. The summed E-state index contributed by atoms with van der Waals surface area (Å²) >= 11 is 6.20. The number of halogens is 5. The summed E-state index contributed by atoms with van der Waals surface area (Å²) in [5, 5.41) is 5.60. The summed E-state index contributed by atoms with van der Waals surface area (Å²) in [6.45, 7) is 2.78. The molecule has 41 heavy (non-hydrogen) atoms. The Morgan fingerprint density at radius 3 is 2.22 bits per heavy atom. The van der Waals surface area contributed by atoms with Gasteiger partial charge >= 0.3 is 6.36 Å². The molecule has 3 amide bonds. The number of anilines is 3. The first-order chi connectivity index (χ1) is 19.1. The smallest absolute Gasteiger partial charge is 0.406 e. The number of nitrogens with one attached hydrogen (secondary N) is 2. The molecule has 1 atom stereocenters. The maximum Gasteiger partial charge on any atom is 0.573 e. The Morgan fingerprint density at radius 1 is 0.976 bits per heavy atom. The average Bonchev–Trinajstić information content (AvgIpc) is 2.99. The molecule has 8 nitrogen and oxygen atoms in total. The zero-order valence-electron chi connectivity index (χ0n) is 22.1. The minimum Gasteiger partial charge on any atom is -0.406 e. The van der Waals surface area contributed by atoms with Crippen molar-refractivity contribution in [3.05, 3.63) is 83.1 Å². The maximum absolute atomic E-state index is 13.5. The van der Waals surface area contributed by atoms with Gasteiger partial charge in [0.15, 0.2) is 0 Å². The van der Waals surface area contributed by atoms with Crippen molar-refractivity contribution >= 4 is 46.4 Å². The zero-order valence-corrected chi connectivity index (χ0v) is 22.8. The Morgan fingerprint density at radius 2 is 1.61 bits per heavy atom. The first kappa shape index (κ1) is 29.7. The van der Waals surface area contributed by atoms with Crippen LogP contribution in [0.1, 0.15) is 24.2 Å². The molecule has 1 heterocycles. The van der Waals surface area contributed by atoms with Crippen LogP contribution < -0.4 is 25.2 Å². The topological polar surface area (TPSA) is 91.0 Å². The minimum atomic E-state index is -4.86. The summed E-state index contributed by atoms with van der Waals surface area (Å²) in [4.78, 5) is 42.5. The molecule has 0 aliphatic carbocycles. The van der Waals surface area contributed by atoms with Crippen molar-refractivity contribution in [2.45, 2.75) is 31.8 Å². The molecule has 0 radical (unpaired) electrons. The van der Waals surface area contributed by atoms with Gasteiger partial charge in [0.25, 0.3) is 11.8 Å². The van der Waals surface area contributed by atoms with Gasteiger partial charge in [-0.25, -0.2) is 4.39 Å². The van der Waals surface area contributed by atoms with E-state index in [1.165, 1.54) is 50.1 Å². The van der Waals surface area contributed by atoms with Gasteiger partial charge in [0.1, 0.15) is 23.1 Å². The van der Waals surface area contributed by atoms with Crippen molar-refractivity contribution in [2.24, 2.45) is 0 Å². The van der Waals surface area contributed by atoms with Crippen LogP contribution in [0.15, 0.2) is 66.7 Å². The largest absolute Gasteiger partial charge is 0.573 e. The standard InChI is InChI=1S/C28H25ClF4N4O4/c1-27(2,35-24(38)16-4-7-18(30)8-5-16)26(40)34-21-15-37(19-9-11-20(12-10-19)41-28(31,32)33)22-13-6-17(29)14-23(22)36(3)25(21)39/h4-14,21H,15H2,1-3H3,(H,34,40)(H,35,38)/t21-/m1/s1. The fourth-order valence-corrected chi connectivity index (χ4v) is 4.40. The number of carbonyl (C=O) groups excluding carboxylic acids is 3. The predicted molar refractivity (Wildman–Crippen MR) is 145 cm³/mol. The van der Waals surface area contributed by atoms with Crippen LogP contribution in [0.5, 0.6) is 5.75 Å². The molecule has 3 aromatic rings. The number of fused-ring (bicyclic) bond motifs is 1. The molecule has 2 N–H and O–H groups in total. The van der Waals surface area contributed by atoms with E-state index in [1.807, 2.05) is 0 Å². The number of rotatable bonds is 6. The summed E-state index contributed by atoms with van der Waals surface area (Å²) < 4.78 is 55.2. The number of nitrogens with zero attached hydrogens (tertiary/aromatic N) is 2. The highest BCUT2D eigenvalue weighted by Gasteiger charge is 2.38. The second-order valence-electron chi connectivity index (χ2n) is 9.79. The number of benzene rings is 3. The quantitative estimate of drug-likeness (QED) is 0.385. The molecule has 0 fully saturated rings. The van der Waals surface area contributed by atoms with Crippen LogP contribution in [-0.4, -0.2) is 49.3 Å². The molecule has 4 rings (SSSR count). The Balaban J connectivity index is 1.61. The molecule has 0 aromatic heterocycles. The highest BCUT2D eigenvalue weighted by molar-refractivity contribution is 6.31. The van der Waals surface area contributed by atoms with E-state index in [9.17, 15) is 31.9 Å². The lowest BCUT2D eigenvalue weighted by Crippen LogP contribution is -2.60. The van der Waals surface area contributed by atoms with E-state index in [0.717, 1.165) is 24.3 Å². The van der Waals surface area contributed by atoms with E-state index in [-0.39, 0.29) is 12.1 Å². The Kier molecular flexibility index (Phi) is 8.16. The van der Waals surface area contributed by atoms with Crippen molar-refractivity contribution in [1.82, 2.24) is 10.6 Å². The van der Waals surface area contributed by atoms with Gasteiger partial charge in [-0.3, -0.25) is 14.4 Å². The Hall–Kier alpha value is -4.32. The SMILES string of the molecule is CN1C(=O)[C@H](NC(=O)C(C)(C)NC(=O)c2ccc(F)cc2)CN(c2ccc(OC(F)(F)F)cc2)c2ccc(Cl)cc21. The second-order valence-corrected chi connectivity index (χ2v) is 10.2. The lowest BCUT2D eigenvalue weighted by Gasteiger charge is -2.30. The summed E-state index contributed by atoms with van der Waals surface area (Å²) in [5.41, 5.74) is -0.0359. The number of hydrogen-bond acceptors (Lipinski definition) is 5. The van der Waals surface area contributed by atoms with Crippen LogP contribution >= 0.6 is 11.6 Å². The van der Waals surface area contributed by atoms with E-state index >= 15 is 0 Å². The summed E-state index contributed by atoms with van der Waals surface area (Å²) in [7, 11) is 1.50. The number of amides is 3. The third-order valence-corrected chi connectivity index (χ3v) is 6.61. The van der Waals surface area contributed by atoms with Crippen LogP contribution in [0.4, 0.5) is 34.6 Å². The van der Waals surface area contributed by atoms with Crippen LogP contribution in [0.3, 0.4) is 0 Å². The molecule has 0 bridgehead atoms. The monoisotopic (exact) mass is 592 g/mol. The Bertz CT molecular complexity index is 1460. The summed E-state index contributed by atoms with van der Waals surface area (Å²) in [6.07, 6.45) is -4.86. The fraction of sp³-hybridized carbons (Fsp3) is 0.250. The van der Waals surface area contributed by atoms with Crippen molar-refractivity contribution < 1.29 is 36.7 Å². The normalized spacial score (nSPS) is 15.6. The highest BCUT2D eigenvalue weighted by Crippen LogP contribution is 2.39. The molecule has 0 saturated carbocycles. The van der Waals surface area contributed by atoms with E-state index in [0.29, 0.717) is 22.1 Å². The van der Waals surface area contributed by atoms with Crippen LogP contribution in [-0.2, 0) is 9.59 Å². The van der Waals surface area contributed by atoms with Gasteiger partial charge in [0.05, 0.1) is 17.9 Å². The van der Waals surface area contributed by atoms with Gasteiger partial charge in [0.2, 0.25) is 5.91 Å². The molecule has 216 valence electrons. The second kappa shape index (κ2) is 11.3. The van der Waals surface area contributed by atoms with Gasteiger partial charge in [-0.15, -0.1) is 13.2 Å². The molecular weight excluding hydrogens is 568 g/mol. The third kappa shape index (κ3) is 6.88. The first-order valence-electron chi connectivity index (χ1n) is 12.2. The molecule has 1 aliphatic heterocycles. The summed E-state index contributed by atoms with van der Waals surface area (Å²) in [5.74, 6) is -2.76. The van der Waals surface area contributed by atoms with Crippen molar-refractivity contribution in [3.8, 4) is 5.75 Å². The molecule has 1 aliphatic rings. The highest BCUT2D eigenvalue weighted by atomic mass is 35.5. The van der Waals surface area contributed by atoms with Gasteiger partial charge in [0, 0.05) is 23.3 Å². The lowest BCUT2D eigenvalue weighted by atomic mass is 10.0. The molecule has 13 heteroatoms. The molecule has 0 spiro atoms. The summed E-state index contributed by atoms with van der Waals surface area (Å²) in [6, 6.07) is 13.5. The molecule has 3 aromatic carbocycles. The van der Waals surface area contributed by atoms with Crippen LogP contribution in [0, 0.1) is 5.82 Å². The molecular formula is C28H25ClF4N4O4. The molecule has 0 unspecified atom stereocenters. The Labute approximate surface area is 237 Å². The van der Waals surface area contributed by atoms with Crippen molar-refractivity contribution in [1.29, 1.82) is 0 Å². The van der Waals surface area contributed by atoms with E-state index < -0.39 is 47.2 Å². The van der Waals surface area contributed by atoms with E-state index in [1.54, 1.807) is 23.1 Å². The number of carbonyl (C=O) groups is 3. The van der Waals surface area contributed by atoms with Crippen LogP contribution in [0.25, 0.3) is 0 Å². The number of alkyl halides is 3. The lowest BCUT2D eigenvalue weighted by molar-refractivity contribution is -0.274. The van der Waals surface area contributed by atoms with Crippen LogP contribution in [0.2, 0.25) is 5.02 Å². The predicted octanol–water partition coefficient (Wildman–Crippen LogP) is 5.19. The van der Waals surface area contributed by atoms with Gasteiger partial charge < -0.3 is 25.2 Å². The van der Waals surface area contributed by atoms with Gasteiger partial charge in [-0.1, -0.05) is 11.6 Å². The van der Waals surface area contributed by atoms with Gasteiger partial charge in [-0.05, 0) is 80.6 Å². The zero-order chi connectivity index (χ0) is 30.1. The van der Waals surface area contributed by atoms with E-state index in [4.69, 9.17) is 11.6 Å². The first-order valence-corrected chi connectivity index (χ1v) is 12.6. The third-order valence-electron chi connectivity index (χ3n) is 6.37. The number of hydrogen-bond donors (Lipinski definition) is 2. The van der Waals surface area contributed by atoms with Crippen molar-refractivity contribution in [3.63, 3.8) is 0 Å². The van der Waals surface area contributed by atoms with E-state index in [2.05, 4.69) is 15.4 Å². The van der Waals surface area contributed by atoms with Gasteiger partial charge in [-0.2, -0.15) is 0 Å². The number of likely N-dealkylation sites (N-methyl/N-ethyl adjacent to an activating group) is 1.